The fourth-order valence-corrected chi connectivity index (χ4v) is 4.84. The summed E-state index contributed by atoms with van der Waals surface area (Å²) in [5.74, 6) is -0.607. The number of carbonyl (C=O) groups excluding carboxylic acids is 3. The Labute approximate surface area is 177 Å². The zero-order valence-electron chi connectivity index (χ0n) is 18.5. The highest BCUT2D eigenvalue weighted by Gasteiger charge is 2.34. The Morgan fingerprint density at radius 2 is 2.03 bits per heavy atom. The molecule has 0 radical (unpaired) electrons. The Morgan fingerprint density at radius 3 is 2.70 bits per heavy atom. The monoisotopic (exact) mass is 418 g/mol. The van der Waals surface area contributed by atoms with Crippen LogP contribution in [-0.4, -0.2) is 39.6 Å². The Kier molecular flexibility index (Phi) is 6.50. The van der Waals surface area contributed by atoms with Crippen molar-refractivity contribution in [2.45, 2.75) is 85.1 Å². The van der Waals surface area contributed by atoms with E-state index in [4.69, 9.17) is 0 Å². The SMILES string of the molecule is CCC1CC(=O)NC(n2nc(C)cc2NC(=O)C(=O)NC2CC(C)CC(C)(C)C2)N1. The Hall–Kier alpha value is -2.42. The largest absolute Gasteiger partial charge is 0.345 e. The third-order valence-electron chi connectivity index (χ3n) is 5.89. The summed E-state index contributed by atoms with van der Waals surface area (Å²) in [6.07, 6.45) is 3.45. The van der Waals surface area contributed by atoms with Gasteiger partial charge in [0.1, 0.15) is 5.82 Å². The molecule has 0 spiro atoms. The fraction of sp³-hybridized carbons (Fsp3) is 0.714. The molecule has 0 aromatic carbocycles. The molecule has 4 N–H and O–H groups in total. The van der Waals surface area contributed by atoms with Crippen LogP contribution in [0.25, 0.3) is 0 Å². The number of aryl methyl sites for hydroxylation is 1. The third-order valence-corrected chi connectivity index (χ3v) is 5.89. The predicted molar refractivity (Wildman–Crippen MR) is 113 cm³/mol. The van der Waals surface area contributed by atoms with Crippen LogP contribution in [0.2, 0.25) is 0 Å². The molecule has 4 unspecified atom stereocenters. The second-order valence-electron chi connectivity index (χ2n) is 9.60. The van der Waals surface area contributed by atoms with Crippen molar-refractivity contribution in [3.8, 4) is 0 Å². The van der Waals surface area contributed by atoms with E-state index in [2.05, 4.69) is 47.1 Å². The van der Waals surface area contributed by atoms with Crippen molar-refractivity contribution in [2.75, 3.05) is 5.32 Å². The molecule has 4 atom stereocenters. The van der Waals surface area contributed by atoms with Crippen LogP contribution in [0.3, 0.4) is 0 Å². The van der Waals surface area contributed by atoms with Crippen molar-refractivity contribution >= 4 is 23.5 Å². The van der Waals surface area contributed by atoms with Crippen molar-refractivity contribution in [1.29, 1.82) is 0 Å². The summed E-state index contributed by atoms with van der Waals surface area (Å²) >= 11 is 0. The summed E-state index contributed by atoms with van der Waals surface area (Å²) in [5.41, 5.74) is 0.811. The normalized spacial score (nSPS) is 28.5. The van der Waals surface area contributed by atoms with Gasteiger partial charge < -0.3 is 16.0 Å². The number of hydrogen-bond acceptors (Lipinski definition) is 5. The van der Waals surface area contributed by atoms with Gasteiger partial charge in [0.2, 0.25) is 5.91 Å². The van der Waals surface area contributed by atoms with Gasteiger partial charge in [0.05, 0.1) is 5.69 Å². The molecule has 1 saturated heterocycles. The highest BCUT2D eigenvalue weighted by molar-refractivity contribution is 6.39. The summed E-state index contributed by atoms with van der Waals surface area (Å²) < 4.78 is 1.51. The first kappa shape index (κ1) is 22.3. The first-order chi connectivity index (χ1) is 14.1. The lowest BCUT2D eigenvalue weighted by molar-refractivity contribution is -0.137. The highest BCUT2D eigenvalue weighted by Crippen LogP contribution is 2.38. The van der Waals surface area contributed by atoms with Crippen molar-refractivity contribution in [3.63, 3.8) is 0 Å². The second-order valence-corrected chi connectivity index (χ2v) is 9.60. The lowest BCUT2D eigenvalue weighted by Crippen LogP contribution is -2.53. The van der Waals surface area contributed by atoms with Crippen LogP contribution in [0.4, 0.5) is 5.82 Å². The summed E-state index contributed by atoms with van der Waals surface area (Å²) in [6, 6.07) is 1.69. The molecule has 3 amide bonds. The van der Waals surface area contributed by atoms with Gasteiger partial charge in [-0.1, -0.05) is 27.7 Å². The lowest BCUT2D eigenvalue weighted by atomic mass is 9.70. The minimum absolute atomic E-state index is 0.0155. The molecule has 2 aliphatic rings. The first-order valence-corrected chi connectivity index (χ1v) is 10.8. The number of hydrogen-bond donors (Lipinski definition) is 4. The molecule has 9 heteroatoms. The van der Waals surface area contributed by atoms with E-state index >= 15 is 0 Å². The maximum absolute atomic E-state index is 12.6. The van der Waals surface area contributed by atoms with Gasteiger partial charge in [-0.05, 0) is 43.9 Å². The zero-order valence-corrected chi connectivity index (χ0v) is 18.5. The number of amides is 3. The molecular formula is C21H34N6O3. The van der Waals surface area contributed by atoms with Crippen LogP contribution in [0.5, 0.6) is 0 Å². The van der Waals surface area contributed by atoms with Gasteiger partial charge in [-0.2, -0.15) is 5.10 Å². The van der Waals surface area contributed by atoms with Gasteiger partial charge in [0, 0.05) is 24.6 Å². The number of nitrogens with one attached hydrogen (secondary N) is 4. The van der Waals surface area contributed by atoms with Gasteiger partial charge in [-0.3, -0.25) is 19.7 Å². The Morgan fingerprint density at radius 1 is 1.30 bits per heavy atom. The van der Waals surface area contributed by atoms with Gasteiger partial charge in [-0.15, -0.1) is 0 Å². The fourth-order valence-electron chi connectivity index (χ4n) is 4.84. The molecule has 0 bridgehead atoms. The molecule has 1 aromatic heterocycles. The maximum Gasteiger partial charge on any atom is 0.314 e. The molecule has 30 heavy (non-hydrogen) atoms. The van der Waals surface area contributed by atoms with Crippen LogP contribution in [0.1, 0.15) is 71.8 Å². The molecule has 1 aliphatic carbocycles. The van der Waals surface area contributed by atoms with E-state index in [0.29, 0.717) is 23.9 Å². The van der Waals surface area contributed by atoms with Crippen LogP contribution in [0.15, 0.2) is 6.07 Å². The predicted octanol–water partition coefficient (Wildman–Crippen LogP) is 1.81. The van der Waals surface area contributed by atoms with E-state index in [0.717, 1.165) is 25.7 Å². The average Bonchev–Trinajstić information content (AvgIpc) is 2.99. The molecular weight excluding hydrogens is 384 g/mol. The Bertz CT molecular complexity index is 818. The lowest BCUT2D eigenvalue weighted by Gasteiger charge is -2.39. The topological polar surface area (TPSA) is 117 Å². The van der Waals surface area contributed by atoms with Crippen LogP contribution >= 0.6 is 0 Å². The van der Waals surface area contributed by atoms with Crippen molar-refractivity contribution in [2.24, 2.45) is 11.3 Å². The molecule has 3 rings (SSSR count). The molecule has 1 aliphatic heterocycles. The van der Waals surface area contributed by atoms with Gasteiger partial charge >= 0.3 is 11.8 Å². The van der Waals surface area contributed by atoms with Crippen molar-refractivity contribution in [1.82, 2.24) is 25.7 Å². The summed E-state index contributed by atoms with van der Waals surface area (Å²) in [5, 5.41) is 16.1. The van der Waals surface area contributed by atoms with Gasteiger partial charge in [0.15, 0.2) is 6.29 Å². The zero-order chi connectivity index (χ0) is 22.1. The quantitative estimate of drug-likeness (QED) is 0.556. The summed E-state index contributed by atoms with van der Waals surface area (Å²) in [6.45, 7) is 10.4. The maximum atomic E-state index is 12.6. The average molecular weight is 419 g/mol. The molecule has 166 valence electrons. The van der Waals surface area contributed by atoms with E-state index in [-0.39, 0.29) is 23.4 Å². The highest BCUT2D eigenvalue weighted by atomic mass is 16.2. The smallest absolute Gasteiger partial charge is 0.314 e. The van der Waals surface area contributed by atoms with Crippen LogP contribution in [0, 0.1) is 18.3 Å². The van der Waals surface area contributed by atoms with Crippen LogP contribution in [-0.2, 0) is 14.4 Å². The minimum Gasteiger partial charge on any atom is -0.345 e. The van der Waals surface area contributed by atoms with Crippen molar-refractivity contribution < 1.29 is 14.4 Å². The Balaban J connectivity index is 1.67. The number of carbonyl (C=O) groups is 3. The first-order valence-electron chi connectivity index (χ1n) is 10.8. The molecule has 9 nitrogen and oxygen atoms in total. The van der Waals surface area contributed by atoms with E-state index in [9.17, 15) is 14.4 Å². The number of nitrogens with zero attached hydrogens (tertiary/aromatic N) is 2. The van der Waals surface area contributed by atoms with Gasteiger partial charge in [-0.25, -0.2) is 4.68 Å². The summed E-state index contributed by atoms with van der Waals surface area (Å²) in [7, 11) is 0. The standard InChI is InChI=1S/C21H34N6O3/c1-6-14-9-17(28)25-20(23-14)27-16(8-13(3)26-27)24-19(30)18(29)22-15-7-12(2)10-21(4,5)11-15/h8,12,14-15,20,23H,6-7,9-11H2,1-5H3,(H,22,29)(H,24,30)(H,25,28). The van der Waals surface area contributed by atoms with E-state index in [1.165, 1.54) is 4.68 Å². The molecule has 2 heterocycles. The third kappa shape index (κ3) is 5.38. The van der Waals surface area contributed by atoms with E-state index in [1.54, 1.807) is 13.0 Å². The number of anilines is 1. The van der Waals surface area contributed by atoms with Crippen LogP contribution < -0.4 is 21.3 Å². The van der Waals surface area contributed by atoms with Gasteiger partial charge in [0.25, 0.3) is 0 Å². The molecule has 2 fully saturated rings. The van der Waals surface area contributed by atoms with E-state index in [1.807, 2.05) is 6.92 Å². The van der Waals surface area contributed by atoms with E-state index < -0.39 is 18.1 Å². The second kappa shape index (κ2) is 8.75. The minimum atomic E-state index is -0.735. The number of aromatic nitrogens is 2. The summed E-state index contributed by atoms with van der Waals surface area (Å²) in [4.78, 5) is 37.1. The molecule has 1 aromatic rings. The number of rotatable bonds is 4. The molecule has 1 saturated carbocycles. The van der Waals surface area contributed by atoms with Crippen molar-refractivity contribution in [3.05, 3.63) is 11.8 Å².